The van der Waals surface area contributed by atoms with E-state index in [1.54, 1.807) is 0 Å². The summed E-state index contributed by atoms with van der Waals surface area (Å²) in [4.78, 5) is 20.6. The molecule has 0 amide bonds. The van der Waals surface area contributed by atoms with Gasteiger partial charge in [-0.15, -0.1) is 0 Å². The number of hydrogen-bond donors (Lipinski definition) is 0. The number of nitro groups is 1. The number of carbonyl (C=O) groups is 1. The van der Waals surface area contributed by atoms with Gasteiger partial charge in [0, 0.05) is 11.6 Å². The highest BCUT2D eigenvalue weighted by molar-refractivity contribution is 5.78. The third kappa shape index (κ3) is 2.75. The van der Waals surface area contributed by atoms with Gasteiger partial charge < -0.3 is 0 Å². The predicted octanol–water partition coefficient (Wildman–Crippen LogP) is 2.33. The van der Waals surface area contributed by atoms with Gasteiger partial charge in [-0.25, -0.2) is 0 Å². The first-order chi connectivity index (χ1) is 7.69. The molecule has 0 aliphatic rings. The van der Waals surface area contributed by atoms with E-state index >= 15 is 0 Å². The molecule has 0 aromatic heterocycles. The molecule has 0 saturated carbocycles. The fourth-order valence-corrected chi connectivity index (χ4v) is 1.17. The Kier molecular flexibility index (Phi) is 3.92. The highest BCUT2D eigenvalue weighted by Gasteiger charge is 2.11. The summed E-state index contributed by atoms with van der Waals surface area (Å²) >= 11 is 0. The summed E-state index contributed by atoms with van der Waals surface area (Å²) in [5, 5.41) is 19.0. The minimum absolute atomic E-state index is 0.140. The summed E-state index contributed by atoms with van der Waals surface area (Å²) in [6.07, 6.45) is 3.77. The fraction of sp³-hybridized carbons (Fsp3) is 0.0909. The Balaban J connectivity index is 3.14. The lowest BCUT2D eigenvalue weighted by Crippen LogP contribution is -1.93. The second-order valence-electron chi connectivity index (χ2n) is 2.96. The molecular formula is C11H8N2O3. The van der Waals surface area contributed by atoms with Crippen LogP contribution in [0.25, 0.3) is 6.08 Å². The van der Waals surface area contributed by atoms with Crippen LogP contribution in [0.5, 0.6) is 0 Å². The van der Waals surface area contributed by atoms with E-state index in [1.165, 1.54) is 30.4 Å². The number of benzene rings is 1. The van der Waals surface area contributed by atoms with E-state index in [-0.39, 0.29) is 17.7 Å². The lowest BCUT2D eigenvalue weighted by atomic mass is 10.1. The summed E-state index contributed by atoms with van der Waals surface area (Å²) in [7, 11) is 0. The molecule has 0 atom stereocenters. The van der Waals surface area contributed by atoms with Crippen LogP contribution in [0.1, 0.15) is 22.3 Å². The first-order valence-electron chi connectivity index (χ1n) is 4.46. The van der Waals surface area contributed by atoms with Crippen molar-refractivity contribution in [2.24, 2.45) is 0 Å². The van der Waals surface area contributed by atoms with Crippen molar-refractivity contribution in [2.75, 3.05) is 0 Å². The summed E-state index contributed by atoms with van der Waals surface area (Å²) in [5.74, 6) is 0. The van der Waals surface area contributed by atoms with Crippen LogP contribution < -0.4 is 0 Å². The third-order valence-electron chi connectivity index (χ3n) is 1.89. The molecule has 0 fully saturated rings. The monoisotopic (exact) mass is 216 g/mol. The maximum atomic E-state index is 10.7. The molecule has 80 valence electrons. The number of nitriles is 1. The maximum absolute atomic E-state index is 10.7. The average Bonchev–Trinajstić information content (AvgIpc) is 2.29. The van der Waals surface area contributed by atoms with E-state index < -0.39 is 4.92 Å². The van der Waals surface area contributed by atoms with Crippen molar-refractivity contribution < 1.29 is 9.72 Å². The molecule has 0 N–H and O–H groups in total. The van der Waals surface area contributed by atoms with Crippen molar-refractivity contribution in [3.8, 4) is 6.07 Å². The number of allylic oxidation sites excluding steroid dienone is 1. The molecule has 0 unspecified atom stereocenters. The molecule has 1 aromatic carbocycles. The molecule has 5 nitrogen and oxygen atoms in total. The van der Waals surface area contributed by atoms with E-state index in [0.29, 0.717) is 11.8 Å². The Labute approximate surface area is 91.8 Å². The Morgan fingerprint density at radius 2 is 2.25 bits per heavy atom. The van der Waals surface area contributed by atoms with Crippen molar-refractivity contribution in [1.82, 2.24) is 0 Å². The van der Waals surface area contributed by atoms with Crippen LogP contribution in [0, 0.1) is 21.4 Å². The Morgan fingerprint density at radius 3 is 2.81 bits per heavy atom. The highest BCUT2D eigenvalue weighted by Crippen LogP contribution is 2.21. The van der Waals surface area contributed by atoms with Crippen molar-refractivity contribution in [3.05, 3.63) is 45.5 Å². The average molecular weight is 216 g/mol. The van der Waals surface area contributed by atoms with Gasteiger partial charge in [0.1, 0.15) is 6.29 Å². The SMILES string of the molecule is N#CCC=Cc1ccc(C=O)cc1[N+](=O)[O-]. The van der Waals surface area contributed by atoms with E-state index in [9.17, 15) is 14.9 Å². The quantitative estimate of drug-likeness (QED) is 0.439. The molecule has 0 aliphatic heterocycles. The van der Waals surface area contributed by atoms with Crippen LogP contribution in [0.2, 0.25) is 0 Å². The van der Waals surface area contributed by atoms with Crippen LogP contribution in [0.4, 0.5) is 5.69 Å². The molecule has 5 heteroatoms. The van der Waals surface area contributed by atoms with Crippen molar-refractivity contribution >= 4 is 18.0 Å². The zero-order chi connectivity index (χ0) is 12.0. The van der Waals surface area contributed by atoms with Crippen LogP contribution in [0.15, 0.2) is 24.3 Å². The van der Waals surface area contributed by atoms with E-state index in [0.717, 1.165) is 0 Å². The van der Waals surface area contributed by atoms with Crippen molar-refractivity contribution in [3.63, 3.8) is 0 Å². The number of nitrogens with zero attached hydrogens (tertiary/aromatic N) is 2. The normalized spacial score (nSPS) is 9.94. The van der Waals surface area contributed by atoms with Crippen LogP contribution >= 0.6 is 0 Å². The van der Waals surface area contributed by atoms with Crippen LogP contribution in [-0.4, -0.2) is 11.2 Å². The summed E-state index contributed by atoms with van der Waals surface area (Å²) in [6, 6.07) is 6.08. The third-order valence-corrected chi connectivity index (χ3v) is 1.89. The number of carbonyl (C=O) groups excluding carboxylic acids is 1. The summed E-state index contributed by atoms with van der Waals surface area (Å²) in [6.45, 7) is 0. The van der Waals surface area contributed by atoms with Gasteiger partial charge >= 0.3 is 0 Å². The van der Waals surface area contributed by atoms with E-state index in [1.807, 2.05) is 6.07 Å². The largest absolute Gasteiger partial charge is 0.298 e. The number of hydrogen-bond acceptors (Lipinski definition) is 4. The zero-order valence-electron chi connectivity index (χ0n) is 8.29. The molecular weight excluding hydrogens is 208 g/mol. The lowest BCUT2D eigenvalue weighted by molar-refractivity contribution is -0.385. The standard InChI is InChI=1S/C11H8N2O3/c12-6-2-1-3-10-5-4-9(8-14)7-11(10)13(15)16/h1,3-5,7-8H,2H2. The first kappa shape index (κ1) is 11.6. The fourth-order valence-electron chi connectivity index (χ4n) is 1.17. The minimum atomic E-state index is -0.557. The van der Waals surface area contributed by atoms with Gasteiger partial charge in [-0.05, 0) is 6.07 Å². The smallest absolute Gasteiger partial charge is 0.277 e. The Bertz CT molecular complexity index is 486. The second kappa shape index (κ2) is 5.41. The molecule has 1 aromatic rings. The van der Waals surface area contributed by atoms with Gasteiger partial charge in [-0.3, -0.25) is 14.9 Å². The van der Waals surface area contributed by atoms with Gasteiger partial charge in [0.15, 0.2) is 0 Å². The zero-order valence-corrected chi connectivity index (χ0v) is 8.29. The molecule has 0 spiro atoms. The van der Waals surface area contributed by atoms with Gasteiger partial charge in [-0.2, -0.15) is 5.26 Å². The number of rotatable bonds is 4. The molecule has 0 bridgehead atoms. The van der Waals surface area contributed by atoms with Crippen LogP contribution in [0.3, 0.4) is 0 Å². The first-order valence-corrected chi connectivity index (χ1v) is 4.46. The predicted molar refractivity (Wildman–Crippen MR) is 57.7 cm³/mol. The molecule has 0 saturated heterocycles. The maximum Gasteiger partial charge on any atom is 0.277 e. The molecule has 0 aliphatic carbocycles. The lowest BCUT2D eigenvalue weighted by Gasteiger charge is -1.97. The molecule has 16 heavy (non-hydrogen) atoms. The Morgan fingerprint density at radius 1 is 1.50 bits per heavy atom. The van der Waals surface area contributed by atoms with Crippen LogP contribution in [-0.2, 0) is 0 Å². The summed E-state index contributed by atoms with van der Waals surface area (Å²) in [5.41, 5.74) is 0.494. The molecule has 1 rings (SSSR count). The van der Waals surface area contributed by atoms with Crippen molar-refractivity contribution in [2.45, 2.75) is 6.42 Å². The van der Waals surface area contributed by atoms with E-state index in [2.05, 4.69) is 0 Å². The summed E-state index contributed by atoms with van der Waals surface area (Å²) < 4.78 is 0. The molecule has 0 heterocycles. The minimum Gasteiger partial charge on any atom is -0.298 e. The highest BCUT2D eigenvalue weighted by atomic mass is 16.6. The van der Waals surface area contributed by atoms with Gasteiger partial charge in [0.2, 0.25) is 0 Å². The van der Waals surface area contributed by atoms with Gasteiger partial charge in [0.25, 0.3) is 5.69 Å². The van der Waals surface area contributed by atoms with Crippen molar-refractivity contribution in [1.29, 1.82) is 5.26 Å². The van der Waals surface area contributed by atoms with Gasteiger partial charge in [0.05, 0.1) is 23.0 Å². The van der Waals surface area contributed by atoms with E-state index in [4.69, 9.17) is 5.26 Å². The second-order valence-corrected chi connectivity index (χ2v) is 2.96. The Hall–Kier alpha value is -2.48. The topological polar surface area (TPSA) is 84.0 Å². The molecule has 0 radical (unpaired) electrons. The number of nitro benzene ring substituents is 1. The van der Waals surface area contributed by atoms with Gasteiger partial charge in [-0.1, -0.05) is 18.2 Å². The number of aldehydes is 1.